The maximum atomic E-state index is 17.3. The number of benzene rings is 2. The Morgan fingerprint density at radius 1 is 1.07 bits per heavy atom. The number of carbonyl (C=O) groups is 1. The standard InChI is InChI=1S/C42H39Cl2F2N7O/c1-20-32(10-12-48-41(20)46)51-18-25-13-26(19-51)52(42(54)22-8-9-22)39(25)33-16-28-21(2)50-37-29(40(28)53(33)38-24-15-31(38)49-17-24)14-23(5-4-11-47)34(36(37)45)27-6-3-7-30(43)35(27)44/h3,6-7,10,12,14,16,22,24-26,31,38-39,49H,4-5,8-9,13,15,17-19H2,1-2H3/t24-,25+,26-,31-,38+,39-/m1/s1. The first-order chi connectivity index (χ1) is 26.1. The average Bonchev–Trinajstić information content (AvgIpc) is 3.44. The van der Waals surface area contributed by atoms with Gasteiger partial charge in [0.25, 0.3) is 0 Å². The molecule has 2 saturated carbocycles. The number of hydrogen-bond donors (Lipinski definition) is 1. The summed E-state index contributed by atoms with van der Waals surface area (Å²) in [7, 11) is 0. The lowest BCUT2D eigenvalue weighted by Crippen LogP contribution is -2.45. The molecule has 2 aliphatic carbocycles. The van der Waals surface area contributed by atoms with Crippen molar-refractivity contribution in [3.8, 4) is 17.2 Å². The van der Waals surface area contributed by atoms with Crippen LogP contribution in [0.1, 0.15) is 66.7 Å². The van der Waals surface area contributed by atoms with Crippen LogP contribution in [-0.2, 0) is 11.2 Å². The molecule has 0 spiro atoms. The fourth-order valence-electron chi connectivity index (χ4n) is 10.3. The highest BCUT2D eigenvalue weighted by atomic mass is 35.5. The van der Waals surface area contributed by atoms with Gasteiger partial charge < -0.3 is 19.7 Å². The average molecular weight is 767 g/mol. The largest absolute Gasteiger partial charge is 0.369 e. The van der Waals surface area contributed by atoms with Crippen molar-refractivity contribution in [3.63, 3.8) is 0 Å². The summed E-state index contributed by atoms with van der Waals surface area (Å²) in [4.78, 5) is 27.7. The van der Waals surface area contributed by atoms with Crippen LogP contribution in [0.25, 0.3) is 32.9 Å². The minimum Gasteiger partial charge on any atom is -0.369 e. The zero-order chi connectivity index (χ0) is 37.2. The van der Waals surface area contributed by atoms with E-state index in [-0.39, 0.29) is 58.9 Å². The van der Waals surface area contributed by atoms with Crippen molar-refractivity contribution >= 4 is 56.6 Å². The van der Waals surface area contributed by atoms with Crippen molar-refractivity contribution in [3.05, 3.63) is 86.9 Å². The molecule has 12 heteroatoms. The number of amides is 1. The normalized spacial score (nSPS) is 25.8. The number of fused-ring (bicyclic) bond motifs is 6. The van der Waals surface area contributed by atoms with Crippen molar-refractivity contribution in [1.82, 2.24) is 24.8 Å². The van der Waals surface area contributed by atoms with Crippen LogP contribution in [0.4, 0.5) is 14.5 Å². The van der Waals surface area contributed by atoms with Gasteiger partial charge in [0.15, 0.2) is 5.82 Å². The molecule has 4 saturated heterocycles. The minimum absolute atomic E-state index is 0.0255. The molecule has 8 nitrogen and oxygen atoms in total. The number of halogens is 4. The molecule has 1 N–H and O–H groups in total. The lowest BCUT2D eigenvalue weighted by atomic mass is 9.79. The van der Waals surface area contributed by atoms with Crippen LogP contribution in [0.15, 0.2) is 42.6 Å². The number of nitriles is 1. The molecular formula is C42H39Cl2F2N7O. The van der Waals surface area contributed by atoms with E-state index < -0.39 is 11.8 Å². The van der Waals surface area contributed by atoms with E-state index in [1.165, 1.54) is 6.20 Å². The first-order valence-corrected chi connectivity index (χ1v) is 19.8. The maximum absolute atomic E-state index is 17.3. The molecule has 54 heavy (non-hydrogen) atoms. The lowest BCUT2D eigenvalue weighted by molar-refractivity contribution is -0.135. The number of aryl methyl sites for hydroxylation is 2. The van der Waals surface area contributed by atoms with Crippen LogP contribution in [-0.4, -0.2) is 57.1 Å². The van der Waals surface area contributed by atoms with Crippen molar-refractivity contribution in [2.45, 2.75) is 76.5 Å². The van der Waals surface area contributed by atoms with Crippen molar-refractivity contribution in [2.75, 3.05) is 24.5 Å². The number of likely N-dealkylation sites (tertiary alicyclic amines) is 1. The van der Waals surface area contributed by atoms with Gasteiger partial charge in [0.2, 0.25) is 11.9 Å². The number of pyridine rings is 2. The highest BCUT2D eigenvalue weighted by Crippen LogP contribution is 2.54. The summed E-state index contributed by atoms with van der Waals surface area (Å²) in [6.45, 7) is 5.90. The molecule has 5 aromatic rings. The first kappa shape index (κ1) is 34.2. The van der Waals surface area contributed by atoms with Gasteiger partial charge in [-0.2, -0.15) is 9.65 Å². The summed E-state index contributed by atoms with van der Waals surface area (Å²) in [6.07, 6.45) is 5.76. The maximum Gasteiger partial charge on any atom is 0.226 e. The molecule has 4 aliphatic heterocycles. The molecule has 7 heterocycles. The van der Waals surface area contributed by atoms with Gasteiger partial charge in [-0.15, -0.1) is 0 Å². The van der Waals surface area contributed by atoms with Crippen LogP contribution in [0.5, 0.6) is 0 Å². The Morgan fingerprint density at radius 2 is 1.91 bits per heavy atom. The molecule has 6 fully saturated rings. The van der Waals surface area contributed by atoms with Crippen LogP contribution in [0, 0.1) is 54.7 Å². The number of hydrogen-bond acceptors (Lipinski definition) is 6. The number of piperidine rings is 1. The Balaban J connectivity index is 1.21. The molecular weight excluding hydrogens is 727 g/mol. The second-order valence-electron chi connectivity index (χ2n) is 16.0. The second kappa shape index (κ2) is 12.6. The third kappa shape index (κ3) is 5.04. The molecule has 276 valence electrons. The molecule has 3 aromatic heterocycles. The molecule has 1 amide bonds. The monoisotopic (exact) mass is 765 g/mol. The number of carbonyl (C=O) groups excluding carboxylic acids is 1. The SMILES string of the molecule is Cc1c(N2C[C@@H]3C[C@H](C2)N(C(=O)C2CC2)[C@H]3c2cc3c(C)nc4c(F)c(-c5cccc(Cl)c5Cl)c(CCC#N)cc4c3n2[C@H]2[C@H]3CN[C@@H]2C3)ccnc1F. The van der Waals surface area contributed by atoms with Gasteiger partial charge in [-0.25, -0.2) is 14.4 Å². The molecule has 0 unspecified atom stereocenters. The van der Waals surface area contributed by atoms with Gasteiger partial charge >= 0.3 is 0 Å². The molecule has 0 radical (unpaired) electrons. The van der Waals surface area contributed by atoms with E-state index in [0.29, 0.717) is 63.8 Å². The van der Waals surface area contributed by atoms with E-state index in [1.807, 2.05) is 19.1 Å². The summed E-state index contributed by atoms with van der Waals surface area (Å²) in [5, 5.41) is 15.6. The van der Waals surface area contributed by atoms with Crippen LogP contribution < -0.4 is 10.2 Å². The number of aromatic nitrogens is 3. The molecule has 6 aliphatic rings. The van der Waals surface area contributed by atoms with Gasteiger partial charge in [-0.05, 0) is 81.7 Å². The quantitative estimate of drug-likeness (QED) is 0.167. The number of rotatable bonds is 7. The Kier molecular flexibility index (Phi) is 8.00. The zero-order valence-corrected chi connectivity index (χ0v) is 31.6. The molecule has 6 atom stereocenters. The Labute approximate surface area is 322 Å². The smallest absolute Gasteiger partial charge is 0.226 e. The first-order valence-electron chi connectivity index (χ1n) is 19.0. The van der Waals surface area contributed by atoms with Gasteiger partial charge in [-0.1, -0.05) is 35.3 Å². The highest BCUT2D eigenvalue weighted by molar-refractivity contribution is 6.43. The van der Waals surface area contributed by atoms with Crippen molar-refractivity contribution in [1.29, 1.82) is 5.26 Å². The van der Waals surface area contributed by atoms with E-state index in [2.05, 4.69) is 36.8 Å². The van der Waals surface area contributed by atoms with Gasteiger partial charge in [-0.3, -0.25) is 4.79 Å². The fourth-order valence-corrected chi connectivity index (χ4v) is 10.7. The summed E-state index contributed by atoms with van der Waals surface area (Å²) in [6, 6.07) is 13.7. The summed E-state index contributed by atoms with van der Waals surface area (Å²) in [5.41, 5.74) is 5.71. The second-order valence-corrected chi connectivity index (χ2v) is 16.8. The molecule has 2 aromatic carbocycles. The number of nitrogens with one attached hydrogen (secondary N) is 1. The van der Waals surface area contributed by atoms with E-state index in [0.717, 1.165) is 54.5 Å². The molecule has 4 bridgehead atoms. The predicted molar refractivity (Wildman–Crippen MR) is 206 cm³/mol. The van der Waals surface area contributed by atoms with Crippen molar-refractivity contribution < 1.29 is 13.6 Å². The summed E-state index contributed by atoms with van der Waals surface area (Å²) < 4.78 is 34.5. The lowest BCUT2D eigenvalue weighted by Gasteiger charge is -2.40. The Hall–Kier alpha value is -4.30. The third-order valence-electron chi connectivity index (χ3n) is 13.0. The van der Waals surface area contributed by atoms with Crippen LogP contribution in [0.2, 0.25) is 10.0 Å². The Morgan fingerprint density at radius 3 is 2.65 bits per heavy atom. The van der Waals surface area contributed by atoms with E-state index in [1.54, 1.807) is 25.1 Å². The van der Waals surface area contributed by atoms with Crippen LogP contribution in [0.3, 0.4) is 0 Å². The van der Waals surface area contributed by atoms with E-state index >= 15 is 4.39 Å². The Bertz CT molecular complexity index is 2440. The topological polar surface area (TPSA) is 90.1 Å². The van der Waals surface area contributed by atoms with Gasteiger partial charge in [0.05, 0.1) is 39.8 Å². The highest BCUT2D eigenvalue weighted by Gasteiger charge is 2.55. The minimum atomic E-state index is -0.489. The van der Waals surface area contributed by atoms with Crippen molar-refractivity contribution in [2.24, 2.45) is 17.8 Å². The third-order valence-corrected chi connectivity index (χ3v) is 13.8. The van der Waals surface area contributed by atoms with Gasteiger partial charge in [0.1, 0.15) is 5.52 Å². The molecule has 11 rings (SSSR count). The van der Waals surface area contributed by atoms with Crippen LogP contribution >= 0.6 is 23.2 Å². The number of anilines is 1. The number of nitrogens with zero attached hydrogens (tertiary/aromatic N) is 6. The predicted octanol–water partition coefficient (Wildman–Crippen LogP) is 8.63. The van der Waals surface area contributed by atoms with Gasteiger partial charge in [0, 0.05) is 94.7 Å². The zero-order valence-electron chi connectivity index (χ0n) is 30.1. The summed E-state index contributed by atoms with van der Waals surface area (Å²) >= 11 is 13.2. The van der Waals surface area contributed by atoms with E-state index in [9.17, 15) is 14.4 Å². The summed E-state index contributed by atoms with van der Waals surface area (Å²) in [5.74, 6) is -0.249. The van der Waals surface area contributed by atoms with E-state index in [4.69, 9.17) is 28.2 Å². The fraction of sp³-hybridized carbons (Fsp3) is 0.429.